The van der Waals surface area contributed by atoms with E-state index in [9.17, 15) is 9.59 Å². The Hall–Kier alpha value is -2.60. The van der Waals surface area contributed by atoms with Crippen LogP contribution in [0.4, 0.5) is 5.69 Å². The van der Waals surface area contributed by atoms with Crippen molar-refractivity contribution >= 4 is 35.2 Å². The molecule has 2 aromatic rings. The molecule has 0 bridgehead atoms. The monoisotopic (exact) mass is 416 g/mol. The molecule has 0 aliphatic heterocycles. The van der Waals surface area contributed by atoms with Crippen molar-refractivity contribution in [2.45, 2.75) is 41.2 Å². The van der Waals surface area contributed by atoms with Crippen LogP contribution in [-0.2, 0) is 16.1 Å². The summed E-state index contributed by atoms with van der Waals surface area (Å²) in [7, 11) is 1.59. The number of carbonyl (C=O) groups excluding carboxylic acids is 2. The van der Waals surface area contributed by atoms with Crippen LogP contribution in [0.2, 0.25) is 5.15 Å². The van der Waals surface area contributed by atoms with Crippen molar-refractivity contribution in [1.29, 1.82) is 0 Å². The third kappa shape index (κ3) is 5.94. The summed E-state index contributed by atoms with van der Waals surface area (Å²) in [6.07, 6.45) is 3.07. The molecule has 6 nitrogen and oxygen atoms in total. The highest BCUT2D eigenvalue weighted by Crippen LogP contribution is 2.22. The van der Waals surface area contributed by atoms with E-state index in [1.54, 1.807) is 17.8 Å². The van der Waals surface area contributed by atoms with Crippen molar-refractivity contribution in [1.82, 2.24) is 14.7 Å². The first kappa shape index (κ1) is 22.7. The molecule has 0 spiro atoms. The first-order valence-electron chi connectivity index (χ1n) is 9.62. The highest BCUT2D eigenvalue weighted by atomic mass is 35.5. The minimum absolute atomic E-state index is 0.0458. The first-order chi connectivity index (χ1) is 13.6. The maximum absolute atomic E-state index is 12.4. The molecule has 0 aliphatic rings. The summed E-state index contributed by atoms with van der Waals surface area (Å²) in [5, 5.41) is 7.80. The molecule has 0 saturated carbocycles. The summed E-state index contributed by atoms with van der Waals surface area (Å²) < 4.78 is 1.74. The summed E-state index contributed by atoms with van der Waals surface area (Å²) >= 11 is 6.40. The maximum Gasteiger partial charge on any atom is 0.246 e. The van der Waals surface area contributed by atoms with Gasteiger partial charge in [0.05, 0.1) is 12.2 Å². The summed E-state index contributed by atoms with van der Waals surface area (Å²) in [6.45, 7) is 10.6. The minimum Gasteiger partial charge on any atom is -0.333 e. The number of likely N-dealkylation sites (N-methyl/N-ethyl adjacent to an activating group) is 1. The fraction of sp³-hybridized carbons (Fsp3) is 0.409. The minimum atomic E-state index is -0.284. The normalized spacial score (nSPS) is 11.3. The molecular formula is C22H29ClN4O2. The van der Waals surface area contributed by atoms with Gasteiger partial charge in [-0.1, -0.05) is 37.6 Å². The van der Waals surface area contributed by atoms with Gasteiger partial charge in [0.25, 0.3) is 0 Å². The average Bonchev–Trinajstić information content (AvgIpc) is 2.89. The average molecular weight is 417 g/mol. The van der Waals surface area contributed by atoms with Crippen molar-refractivity contribution in [2.75, 3.05) is 18.9 Å². The summed E-state index contributed by atoms with van der Waals surface area (Å²) in [5.74, 6) is -0.123. The number of benzene rings is 1. The van der Waals surface area contributed by atoms with Crippen LogP contribution in [0.5, 0.6) is 0 Å². The van der Waals surface area contributed by atoms with Gasteiger partial charge in [0.15, 0.2) is 0 Å². The van der Waals surface area contributed by atoms with Gasteiger partial charge < -0.3 is 10.2 Å². The Labute approximate surface area is 177 Å². The number of hydrogen-bond donors (Lipinski definition) is 1. The molecule has 1 aromatic heterocycles. The zero-order chi connectivity index (χ0) is 21.7. The Balaban J connectivity index is 2.01. The molecule has 156 valence electrons. The van der Waals surface area contributed by atoms with Crippen molar-refractivity contribution in [3.63, 3.8) is 0 Å². The van der Waals surface area contributed by atoms with E-state index in [-0.39, 0.29) is 18.4 Å². The molecule has 0 unspecified atom stereocenters. The number of rotatable bonds is 7. The SMILES string of the molecule is Cc1cccc(NC(=O)CN(C)C(=O)/C=C/c2c(C)nn(CC(C)C)c2Cl)c1C. The van der Waals surface area contributed by atoms with Gasteiger partial charge in [-0.15, -0.1) is 0 Å². The van der Waals surface area contributed by atoms with E-state index < -0.39 is 0 Å². The van der Waals surface area contributed by atoms with E-state index in [4.69, 9.17) is 11.6 Å². The highest BCUT2D eigenvalue weighted by molar-refractivity contribution is 6.31. The number of carbonyl (C=O) groups is 2. The number of halogens is 1. The Morgan fingerprint density at radius 3 is 2.62 bits per heavy atom. The highest BCUT2D eigenvalue weighted by Gasteiger charge is 2.15. The molecule has 0 saturated heterocycles. The molecule has 29 heavy (non-hydrogen) atoms. The molecule has 1 N–H and O–H groups in total. The van der Waals surface area contributed by atoms with Gasteiger partial charge >= 0.3 is 0 Å². The number of aryl methyl sites for hydroxylation is 2. The lowest BCUT2D eigenvalue weighted by molar-refractivity contribution is -0.129. The summed E-state index contributed by atoms with van der Waals surface area (Å²) in [4.78, 5) is 26.1. The van der Waals surface area contributed by atoms with Gasteiger partial charge in [0.2, 0.25) is 11.8 Å². The zero-order valence-electron chi connectivity index (χ0n) is 17.9. The number of amides is 2. The molecular weight excluding hydrogens is 388 g/mol. The van der Waals surface area contributed by atoms with Crippen LogP contribution < -0.4 is 5.32 Å². The maximum atomic E-state index is 12.4. The second-order valence-corrected chi connectivity index (χ2v) is 8.05. The number of nitrogens with one attached hydrogen (secondary N) is 1. The van der Waals surface area contributed by atoms with Crippen LogP contribution >= 0.6 is 11.6 Å². The standard InChI is InChI=1S/C22H29ClN4O2/c1-14(2)12-27-22(23)18(17(5)25-27)10-11-21(29)26(6)13-20(28)24-19-9-7-8-15(3)16(19)4/h7-11,14H,12-13H2,1-6H3,(H,24,28)/b11-10+. The van der Waals surface area contributed by atoms with E-state index in [1.165, 1.54) is 11.0 Å². The zero-order valence-corrected chi connectivity index (χ0v) is 18.7. The van der Waals surface area contributed by atoms with Crippen LogP contribution in [-0.4, -0.2) is 40.1 Å². The predicted molar refractivity (Wildman–Crippen MR) is 118 cm³/mol. The molecule has 0 radical (unpaired) electrons. The van der Waals surface area contributed by atoms with Gasteiger partial charge in [-0.3, -0.25) is 14.3 Å². The molecule has 0 aliphatic carbocycles. The van der Waals surface area contributed by atoms with Crippen molar-refractivity contribution in [2.24, 2.45) is 5.92 Å². The van der Waals surface area contributed by atoms with Gasteiger partial charge in [0, 0.05) is 30.9 Å². The fourth-order valence-corrected chi connectivity index (χ4v) is 3.18. The summed E-state index contributed by atoms with van der Waals surface area (Å²) in [6, 6.07) is 5.73. The second-order valence-electron chi connectivity index (χ2n) is 7.69. The Kier molecular flexibility index (Phi) is 7.62. The van der Waals surface area contributed by atoms with E-state index in [1.807, 2.05) is 39.0 Å². The van der Waals surface area contributed by atoms with Crippen LogP contribution in [0.15, 0.2) is 24.3 Å². The first-order valence-corrected chi connectivity index (χ1v) is 10.00. The third-order valence-corrected chi connectivity index (χ3v) is 5.07. The molecule has 7 heteroatoms. The molecule has 0 fully saturated rings. The quantitative estimate of drug-likeness (QED) is 0.687. The van der Waals surface area contributed by atoms with Crippen molar-refractivity contribution in [3.8, 4) is 0 Å². The Morgan fingerprint density at radius 1 is 1.28 bits per heavy atom. The fourth-order valence-electron chi connectivity index (χ4n) is 2.87. The second kappa shape index (κ2) is 9.74. The van der Waals surface area contributed by atoms with Gasteiger partial charge in [-0.05, 0) is 50.0 Å². The molecule has 2 rings (SSSR count). The largest absolute Gasteiger partial charge is 0.333 e. The van der Waals surface area contributed by atoms with Gasteiger partial charge in [-0.2, -0.15) is 5.10 Å². The number of aromatic nitrogens is 2. The van der Waals surface area contributed by atoms with Crippen LogP contribution in [0.25, 0.3) is 6.08 Å². The molecule has 2 amide bonds. The topological polar surface area (TPSA) is 67.2 Å². The van der Waals surface area contributed by atoms with E-state index in [2.05, 4.69) is 24.3 Å². The van der Waals surface area contributed by atoms with E-state index in [0.29, 0.717) is 23.2 Å². The summed E-state index contributed by atoms with van der Waals surface area (Å²) in [5.41, 5.74) is 4.34. The predicted octanol–water partition coefficient (Wildman–Crippen LogP) is 4.23. The van der Waals surface area contributed by atoms with Gasteiger partial charge in [-0.25, -0.2) is 0 Å². The molecule has 1 aromatic carbocycles. The van der Waals surface area contributed by atoms with Crippen LogP contribution in [0.3, 0.4) is 0 Å². The smallest absolute Gasteiger partial charge is 0.246 e. The Bertz CT molecular complexity index is 931. The van der Waals surface area contributed by atoms with E-state index >= 15 is 0 Å². The van der Waals surface area contributed by atoms with Crippen LogP contribution in [0.1, 0.15) is 36.2 Å². The van der Waals surface area contributed by atoms with Gasteiger partial charge in [0.1, 0.15) is 5.15 Å². The Morgan fingerprint density at radius 2 is 1.97 bits per heavy atom. The number of nitrogens with zero attached hydrogens (tertiary/aromatic N) is 3. The van der Waals surface area contributed by atoms with Crippen molar-refractivity contribution < 1.29 is 9.59 Å². The number of hydrogen-bond acceptors (Lipinski definition) is 3. The van der Waals surface area contributed by atoms with Crippen molar-refractivity contribution in [3.05, 3.63) is 51.8 Å². The third-order valence-electron chi connectivity index (χ3n) is 4.68. The van der Waals surface area contributed by atoms with E-state index in [0.717, 1.165) is 22.5 Å². The number of anilines is 1. The van der Waals surface area contributed by atoms with Crippen LogP contribution in [0, 0.1) is 26.7 Å². The lowest BCUT2D eigenvalue weighted by Crippen LogP contribution is -2.34. The molecule has 1 heterocycles. The molecule has 0 atom stereocenters. The lowest BCUT2D eigenvalue weighted by atomic mass is 10.1. The lowest BCUT2D eigenvalue weighted by Gasteiger charge is -2.16.